The summed E-state index contributed by atoms with van der Waals surface area (Å²) >= 11 is 0. The predicted octanol–water partition coefficient (Wildman–Crippen LogP) is -0.603. The topological polar surface area (TPSA) is 65.8 Å². The van der Waals surface area contributed by atoms with Crippen LogP contribution in [0.1, 0.15) is 6.92 Å². The van der Waals surface area contributed by atoms with Crippen molar-refractivity contribution >= 4 is 18.5 Å². The Kier molecular flexibility index (Phi) is 5.81. The molecule has 0 saturated carbocycles. The molecule has 0 rings (SSSR count). The van der Waals surface area contributed by atoms with E-state index in [0.717, 1.165) is 0 Å². The van der Waals surface area contributed by atoms with E-state index in [1.54, 1.807) is 14.1 Å². The number of carbonyl (C=O) groups excluding carboxylic acids is 1. The number of nitrogens with one attached hydrogen (secondary N) is 2. The molecule has 68 valence electrons. The Morgan fingerprint density at radius 3 is 2.67 bits per heavy atom. The first-order valence-electron chi connectivity index (χ1n) is 3.64. The molecule has 0 aromatic heterocycles. The number of rotatable bonds is 4. The fourth-order valence-corrected chi connectivity index (χ4v) is 0.379. The van der Waals surface area contributed by atoms with E-state index < -0.39 is 0 Å². The molecule has 12 heavy (non-hydrogen) atoms. The van der Waals surface area contributed by atoms with E-state index in [0.29, 0.717) is 0 Å². The lowest BCUT2D eigenvalue weighted by Crippen LogP contribution is -2.19. The van der Waals surface area contributed by atoms with E-state index in [1.807, 2.05) is 6.92 Å². The second-order valence-electron chi connectivity index (χ2n) is 2.12. The lowest BCUT2D eigenvalue weighted by atomic mass is 10.6. The maximum absolute atomic E-state index is 10.6. The van der Waals surface area contributed by atoms with Gasteiger partial charge in [0.2, 0.25) is 0 Å². The smallest absolute Gasteiger partial charge is 0.262 e. The van der Waals surface area contributed by atoms with Crippen LogP contribution in [0.3, 0.4) is 0 Å². The Bertz CT molecular complexity index is 188. The second kappa shape index (κ2) is 6.48. The van der Waals surface area contributed by atoms with Crippen molar-refractivity contribution in [3.05, 3.63) is 0 Å². The molecule has 0 aliphatic carbocycles. The maximum atomic E-state index is 10.6. The summed E-state index contributed by atoms with van der Waals surface area (Å²) in [4.78, 5) is 18.2. The lowest BCUT2D eigenvalue weighted by molar-refractivity contribution is -0.113. The summed E-state index contributed by atoms with van der Waals surface area (Å²) in [7, 11) is 3.34. The van der Waals surface area contributed by atoms with Gasteiger partial charge in [0.15, 0.2) is 0 Å². The highest BCUT2D eigenvalue weighted by Gasteiger charge is 1.88. The van der Waals surface area contributed by atoms with Crippen molar-refractivity contribution in [3.63, 3.8) is 0 Å². The highest BCUT2D eigenvalue weighted by atomic mass is 16.1. The molecule has 0 saturated heterocycles. The van der Waals surface area contributed by atoms with Gasteiger partial charge in [-0.15, -0.1) is 0 Å². The van der Waals surface area contributed by atoms with Crippen LogP contribution in [0.2, 0.25) is 0 Å². The molecule has 0 fully saturated rings. The highest BCUT2D eigenvalue weighted by molar-refractivity contribution is 6.27. The molecular formula is C7H14N4O. The average molecular weight is 170 g/mol. The summed E-state index contributed by atoms with van der Waals surface area (Å²) in [6.45, 7) is 1.88. The van der Waals surface area contributed by atoms with Gasteiger partial charge in [-0.05, 0) is 14.0 Å². The zero-order valence-electron chi connectivity index (χ0n) is 7.53. The SMILES string of the molecule is CNC(=O)C=NC=NC(C)NC. The van der Waals surface area contributed by atoms with Crippen LogP contribution in [0.15, 0.2) is 9.98 Å². The number of nitrogens with zero attached hydrogens (tertiary/aromatic N) is 2. The van der Waals surface area contributed by atoms with Crippen LogP contribution in [0.5, 0.6) is 0 Å². The number of hydrogen-bond donors (Lipinski definition) is 2. The molecule has 0 bridgehead atoms. The van der Waals surface area contributed by atoms with E-state index in [1.165, 1.54) is 12.6 Å². The molecule has 0 heterocycles. The molecule has 0 aliphatic heterocycles. The van der Waals surface area contributed by atoms with Crippen LogP contribution >= 0.6 is 0 Å². The first-order valence-corrected chi connectivity index (χ1v) is 3.64. The van der Waals surface area contributed by atoms with E-state index in [9.17, 15) is 4.79 Å². The molecule has 1 unspecified atom stereocenters. The first-order chi connectivity index (χ1) is 5.70. The minimum Gasteiger partial charge on any atom is -0.354 e. The third kappa shape index (κ3) is 5.55. The van der Waals surface area contributed by atoms with Crippen LogP contribution < -0.4 is 10.6 Å². The van der Waals surface area contributed by atoms with E-state index >= 15 is 0 Å². The number of aliphatic imine (C=N–C) groups is 2. The predicted molar refractivity (Wildman–Crippen MR) is 49.6 cm³/mol. The summed E-state index contributed by atoms with van der Waals surface area (Å²) in [5.74, 6) is -0.237. The van der Waals surface area contributed by atoms with E-state index in [2.05, 4.69) is 20.6 Å². The summed E-state index contributed by atoms with van der Waals surface area (Å²) < 4.78 is 0. The zero-order chi connectivity index (χ0) is 9.40. The van der Waals surface area contributed by atoms with Crippen LogP contribution in [0, 0.1) is 0 Å². The molecule has 5 nitrogen and oxygen atoms in total. The van der Waals surface area contributed by atoms with Gasteiger partial charge >= 0.3 is 0 Å². The largest absolute Gasteiger partial charge is 0.354 e. The van der Waals surface area contributed by atoms with E-state index in [4.69, 9.17) is 0 Å². The molecule has 2 N–H and O–H groups in total. The average Bonchev–Trinajstić information content (AvgIpc) is 2.11. The Labute approximate surface area is 72.0 Å². The summed E-state index contributed by atoms with van der Waals surface area (Å²) in [6.07, 6.45) is 2.54. The number of carbonyl (C=O) groups is 1. The highest BCUT2D eigenvalue weighted by Crippen LogP contribution is 1.77. The fourth-order valence-electron chi connectivity index (χ4n) is 0.379. The molecule has 0 spiro atoms. The van der Waals surface area contributed by atoms with Crippen LogP contribution in [0.25, 0.3) is 0 Å². The van der Waals surface area contributed by atoms with Crippen molar-refractivity contribution < 1.29 is 4.79 Å². The Morgan fingerprint density at radius 2 is 2.17 bits per heavy atom. The van der Waals surface area contributed by atoms with Gasteiger partial charge in [-0.3, -0.25) is 15.1 Å². The van der Waals surface area contributed by atoms with Gasteiger partial charge in [0.1, 0.15) is 6.34 Å². The Balaban J connectivity index is 3.73. The molecule has 1 amide bonds. The third-order valence-electron chi connectivity index (χ3n) is 1.21. The van der Waals surface area contributed by atoms with Gasteiger partial charge in [-0.2, -0.15) is 0 Å². The minimum atomic E-state index is -0.237. The molecule has 0 aromatic carbocycles. The van der Waals surface area contributed by atoms with Gasteiger partial charge in [0.25, 0.3) is 5.91 Å². The molecule has 5 heteroatoms. The summed E-state index contributed by atoms with van der Waals surface area (Å²) in [5, 5.41) is 5.30. The standard InChI is InChI=1S/C7H14N4O/c1-6(8-2)11-5-10-4-7(12)9-3/h4-6,8H,1-3H3,(H,9,12). The summed E-state index contributed by atoms with van der Waals surface area (Å²) in [6, 6.07) is 0. The van der Waals surface area contributed by atoms with Crippen LogP contribution in [0.4, 0.5) is 0 Å². The van der Waals surface area contributed by atoms with Gasteiger partial charge < -0.3 is 5.32 Å². The zero-order valence-corrected chi connectivity index (χ0v) is 7.53. The summed E-state index contributed by atoms with van der Waals surface area (Å²) in [5.41, 5.74) is 0. The molecule has 0 aliphatic rings. The Morgan fingerprint density at radius 1 is 1.50 bits per heavy atom. The molecule has 0 aromatic rings. The van der Waals surface area contributed by atoms with Gasteiger partial charge in [-0.1, -0.05) is 0 Å². The monoisotopic (exact) mass is 170 g/mol. The molecular weight excluding hydrogens is 156 g/mol. The van der Waals surface area contributed by atoms with Crippen molar-refractivity contribution in [1.82, 2.24) is 10.6 Å². The van der Waals surface area contributed by atoms with Crippen LogP contribution in [-0.4, -0.2) is 38.7 Å². The van der Waals surface area contributed by atoms with Crippen molar-refractivity contribution in [3.8, 4) is 0 Å². The second-order valence-corrected chi connectivity index (χ2v) is 2.12. The van der Waals surface area contributed by atoms with Crippen molar-refractivity contribution in [2.75, 3.05) is 14.1 Å². The number of hydrogen-bond acceptors (Lipinski definition) is 3. The van der Waals surface area contributed by atoms with Gasteiger partial charge in [-0.25, -0.2) is 4.99 Å². The Hall–Kier alpha value is -1.23. The van der Waals surface area contributed by atoms with Gasteiger partial charge in [0.05, 0.1) is 12.4 Å². The third-order valence-corrected chi connectivity index (χ3v) is 1.21. The normalized spacial score (nSPS) is 13.9. The maximum Gasteiger partial charge on any atom is 0.262 e. The molecule has 1 atom stereocenters. The first kappa shape index (κ1) is 10.8. The van der Waals surface area contributed by atoms with Crippen molar-refractivity contribution in [1.29, 1.82) is 0 Å². The fraction of sp³-hybridized carbons (Fsp3) is 0.571. The quantitative estimate of drug-likeness (QED) is 0.437. The lowest BCUT2D eigenvalue weighted by Gasteiger charge is -1.99. The van der Waals surface area contributed by atoms with Gasteiger partial charge in [0, 0.05) is 7.05 Å². The van der Waals surface area contributed by atoms with Crippen LogP contribution in [-0.2, 0) is 4.79 Å². The molecule has 0 radical (unpaired) electrons. The van der Waals surface area contributed by atoms with Crippen molar-refractivity contribution in [2.24, 2.45) is 9.98 Å². The number of amides is 1. The van der Waals surface area contributed by atoms with Crippen molar-refractivity contribution in [2.45, 2.75) is 13.1 Å². The van der Waals surface area contributed by atoms with E-state index in [-0.39, 0.29) is 12.1 Å². The minimum absolute atomic E-state index is 0.0202.